The summed E-state index contributed by atoms with van der Waals surface area (Å²) < 4.78 is 45.4. The number of rotatable bonds is 12. The van der Waals surface area contributed by atoms with Crippen LogP contribution in [-0.2, 0) is 32.5 Å². The molecule has 1 aliphatic heterocycles. The quantitative estimate of drug-likeness (QED) is 0.227. The second kappa shape index (κ2) is 12.5. The summed E-state index contributed by atoms with van der Waals surface area (Å²) in [6.07, 6.45) is 5.63. The van der Waals surface area contributed by atoms with Gasteiger partial charge in [-0.1, -0.05) is 0 Å². The minimum Gasteiger partial charge on any atom is -0.491 e. The Bertz CT molecular complexity index is 1750. The average molecular weight is 611 g/mol. The fraction of sp³-hybridized carbons (Fsp3) is 0.393. The molecule has 1 aliphatic rings. The van der Waals surface area contributed by atoms with E-state index in [4.69, 9.17) is 19.2 Å². The maximum Gasteiger partial charge on any atom is 0.251 e. The largest absolute Gasteiger partial charge is 0.491 e. The van der Waals surface area contributed by atoms with Gasteiger partial charge in [-0.05, 0) is 32.0 Å². The Morgan fingerprint density at radius 2 is 1.91 bits per heavy atom. The van der Waals surface area contributed by atoms with Crippen molar-refractivity contribution in [3.63, 3.8) is 0 Å². The van der Waals surface area contributed by atoms with Gasteiger partial charge in [-0.2, -0.15) is 4.98 Å². The average Bonchev–Trinajstić information content (AvgIpc) is 3.62. The molecule has 0 spiro atoms. The van der Waals surface area contributed by atoms with E-state index in [0.29, 0.717) is 71.6 Å². The van der Waals surface area contributed by atoms with E-state index in [1.54, 1.807) is 25.4 Å². The lowest BCUT2D eigenvalue weighted by molar-refractivity contribution is -0.144. The first-order chi connectivity index (χ1) is 20.7. The first kappa shape index (κ1) is 30.1. The number of hydrogen-bond donors (Lipinski definition) is 2. The van der Waals surface area contributed by atoms with Gasteiger partial charge in [-0.15, -0.1) is 0 Å². The van der Waals surface area contributed by atoms with Crippen LogP contribution >= 0.6 is 0 Å². The Morgan fingerprint density at radius 1 is 1.16 bits per heavy atom. The van der Waals surface area contributed by atoms with Crippen molar-refractivity contribution >= 4 is 44.4 Å². The number of aromatic nitrogens is 5. The molecule has 2 N–H and O–H groups in total. The smallest absolute Gasteiger partial charge is 0.251 e. The fourth-order valence-electron chi connectivity index (χ4n) is 4.91. The molecule has 1 amide bonds. The Hall–Kier alpha value is -4.34. The molecule has 0 fully saturated rings. The van der Waals surface area contributed by atoms with Crippen molar-refractivity contribution in [2.45, 2.75) is 33.1 Å². The van der Waals surface area contributed by atoms with Crippen molar-refractivity contribution in [2.75, 3.05) is 49.8 Å². The van der Waals surface area contributed by atoms with Crippen LogP contribution in [0.25, 0.3) is 11.0 Å². The first-order valence-electron chi connectivity index (χ1n) is 13.8. The maximum atomic E-state index is 12.4. The molecule has 0 radical (unpaired) electrons. The predicted molar refractivity (Wildman–Crippen MR) is 160 cm³/mol. The summed E-state index contributed by atoms with van der Waals surface area (Å²) in [5, 5.41) is 6.62. The number of carbonyl (C=O) groups excluding carboxylic acids is 1. The Balaban J connectivity index is 1.60. The van der Waals surface area contributed by atoms with Gasteiger partial charge in [0.15, 0.2) is 12.1 Å². The van der Waals surface area contributed by atoms with Gasteiger partial charge in [0, 0.05) is 68.8 Å². The normalized spacial score (nSPS) is 12.8. The van der Waals surface area contributed by atoms with Crippen LogP contribution in [0, 0.1) is 0 Å². The molecule has 4 aromatic rings. The van der Waals surface area contributed by atoms with Gasteiger partial charge in [0.25, 0.3) is 5.91 Å². The highest BCUT2D eigenvalue weighted by molar-refractivity contribution is 7.92. The van der Waals surface area contributed by atoms with E-state index in [2.05, 4.69) is 25.6 Å². The molecule has 15 heteroatoms. The van der Waals surface area contributed by atoms with Crippen LogP contribution in [0.3, 0.4) is 0 Å². The van der Waals surface area contributed by atoms with Crippen molar-refractivity contribution in [1.29, 1.82) is 0 Å². The number of anilines is 3. The molecule has 4 heterocycles. The van der Waals surface area contributed by atoms with Crippen molar-refractivity contribution in [1.82, 2.24) is 29.8 Å². The zero-order valence-electron chi connectivity index (χ0n) is 24.6. The van der Waals surface area contributed by atoms with Crippen LogP contribution < -0.4 is 19.7 Å². The Kier molecular flexibility index (Phi) is 8.75. The van der Waals surface area contributed by atoms with Gasteiger partial charge in [0.05, 0.1) is 30.8 Å². The summed E-state index contributed by atoms with van der Waals surface area (Å²) in [4.78, 5) is 30.5. The summed E-state index contributed by atoms with van der Waals surface area (Å²) in [6.45, 7) is 5.12. The lowest BCUT2D eigenvalue weighted by Crippen LogP contribution is -2.28. The lowest BCUT2D eigenvalue weighted by atomic mass is 10.0. The van der Waals surface area contributed by atoms with E-state index in [9.17, 15) is 13.2 Å². The van der Waals surface area contributed by atoms with Crippen LogP contribution in [0.1, 0.15) is 47.4 Å². The number of fused-ring (bicyclic) bond motifs is 2. The summed E-state index contributed by atoms with van der Waals surface area (Å²) >= 11 is 0. The molecule has 0 bridgehead atoms. The molecule has 5 rings (SSSR count). The molecule has 0 unspecified atom stereocenters. The lowest BCUT2D eigenvalue weighted by Gasteiger charge is -2.21. The SMILES string of the molecule is CCOC(OCC)c1cc2cnc(Nc3ccc(C(=O)NC)c4c3OCC4)nc2n1Cc1nccnc1N(C)S(C)(=O)=O. The van der Waals surface area contributed by atoms with E-state index in [-0.39, 0.29) is 18.3 Å². The summed E-state index contributed by atoms with van der Waals surface area (Å²) in [7, 11) is -0.578. The molecular weight excluding hydrogens is 576 g/mol. The number of nitrogens with one attached hydrogen (secondary N) is 2. The number of nitrogens with zero attached hydrogens (tertiary/aromatic N) is 6. The van der Waals surface area contributed by atoms with Gasteiger partial charge in [-0.3, -0.25) is 14.1 Å². The zero-order chi connectivity index (χ0) is 30.7. The highest BCUT2D eigenvalue weighted by Gasteiger charge is 2.26. The molecule has 0 atom stereocenters. The number of amides is 1. The van der Waals surface area contributed by atoms with E-state index in [0.717, 1.165) is 16.1 Å². The molecule has 0 saturated heterocycles. The molecule has 3 aromatic heterocycles. The third-order valence-corrected chi connectivity index (χ3v) is 8.14. The third-order valence-electron chi connectivity index (χ3n) is 6.98. The fourth-order valence-corrected chi connectivity index (χ4v) is 5.37. The van der Waals surface area contributed by atoms with Crippen molar-refractivity contribution in [3.05, 3.63) is 59.3 Å². The molecular formula is C28H34N8O6S. The standard InChI is InChI=1S/C28H34N8O6S/c1-6-40-27(41-7-2)22-14-17-15-32-28(33-20-9-8-19(26(37)29-3)18-10-13-42-23(18)20)34-24(17)36(22)16-21-25(31-12-11-30-21)35(4)43(5,38)39/h8-9,11-12,14-15,27H,6-7,10,13,16H2,1-5H3,(H,29,37)(H,32,33,34). The van der Waals surface area contributed by atoms with Crippen LogP contribution in [0.15, 0.2) is 36.8 Å². The first-order valence-corrected chi connectivity index (χ1v) is 15.6. The summed E-state index contributed by atoms with van der Waals surface area (Å²) in [6, 6.07) is 5.39. The van der Waals surface area contributed by atoms with Crippen LogP contribution in [0.2, 0.25) is 0 Å². The highest BCUT2D eigenvalue weighted by Crippen LogP contribution is 2.38. The Morgan fingerprint density at radius 3 is 2.60 bits per heavy atom. The van der Waals surface area contributed by atoms with E-state index in [1.165, 1.54) is 19.4 Å². The minimum absolute atomic E-state index is 0.119. The van der Waals surface area contributed by atoms with E-state index >= 15 is 0 Å². The predicted octanol–water partition coefficient (Wildman–Crippen LogP) is 2.78. The van der Waals surface area contributed by atoms with Crippen LogP contribution in [0.4, 0.5) is 17.5 Å². The topological polar surface area (TPSA) is 163 Å². The third kappa shape index (κ3) is 6.09. The summed E-state index contributed by atoms with van der Waals surface area (Å²) in [5.41, 5.74) is 3.61. The van der Waals surface area contributed by atoms with Crippen molar-refractivity contribution in [3.8, 4) is 5.75 Å². The molecule has 0 aliphatic carbocycles. The van der Waals surface area contributed by atoms with Gasteiger partial charge in [-0.25, -0.2) is 18.4 Å². The molecule has 0 saturated carbocycles. The monoisotopic (exact) mass is 610 g/mol. The van der Waals surface area contributed by atoms with Gasteiger partial charge in [0.2, 0.25) is 16.0 Å². The van der Waals surface area contributed by atoms with E-state index < -0.39 is 16.3 Å². The molecule has 1 aromatic carbocycles. The number of sulfonamides is 1. The second-order valence-electron chi connectivity index (χ2n) is 9.70. The van der Waals surface area contributed by atoms with Crippen molar-refractivity contribution in [2.24, 2.45) is 0 Å². The molecule has 14 nitrogen and oxygen atoms in total. The Labute approximate surface area is 249 Å². The number of benzene rings is 1. The molecule has 228 valence electrons. The van der Waals surface area contributed by atoms with Gasteiger partial charge >= 0.3 is 0 Å². The van der Waals surface area contributed by atoms with Gasteiger partial charge in [0.1, 0.15) is 17.1 Å². The minimum atomic E-state index is -3.60. The summed E-state index contributed by atoms with van der Waals surface area (Å²) in [5.74, 6) is 0.889. The van der Waals surface area contributed by atoms with Crippen LogP contribution in [0.5, 0.6) is 5.75 Å². The number of ether oxygens (including phenoxy) is 3. The molecule has 43 heavy (non-hydrogen) atoms. The zero-order valence-corrected chi connectivity index (χ0v) is 25.4. The van der Waals surface area contributed by atoms with E-state index in [1.807, 2.05) is 24.5 Å². The number of carbonyl (C=O) groups is 1. The number of hydrogen-bond acceptors (Lipinski definition) is 11. The highest BCUT2D eigenvalue weighted by atomic mass is 32.2. The van der Waals surface area contributed by atoms with Crippen molar-refractivity contribution < 1.29 is 27.4 Å². The second-order valence-corrected chi connectivity index (χ2v) is 11.7. The van der Waals surface area contributed by atoms with Gasteiger partial charge < -0.3 is 29.4 Å². The van der Waals surface area contributed by atoms with Crippen LogP contribution in [-0.4, -0.2) is 79.0 Å². The maximum absolute atomic E-state index is 12.4.